The van der Waals surface area contributed by atoms with Crippen LogP contribution >= 0.6 is 0 Å². The maximum Gasteiger partial charge on any atom is 0.0543 e. The Bertz CT molecular complexity index is 2850. The molecule has 1 aliphatic carbocycles. The Kier molecular flexibility index (Phi) is 5.65. The molecule has 10 rings (SSSR count). The van der Waals surface area contributed by atoms with Gasteiger partial charge in [0.15, 0.2) is 0 Å². The molecule has 0 fully saturated rings. The first-order valence-corrected chi connectivity index (χ1v) is 16.5. The number of rotatable bonds is 3. The minimum Gasteiger partial charge on any atom is -0.309 e. The second kappa shape index (κ2) is 10.1. The highest BCUT2D eigenvalue weighted by molar-refractivity contribution is 6.10. The van der Waals surface area contributed by atoms with Crippen molar-refractivity contribution in [3.05, 3.63) is 167 Å². The van der Waals surface area contributed by atoms with Crippen molar-refractivity contribution >= 4 is 66.4 Å². The standard InChI is InChI=1S/C45H32N2/c1-29-24-34-12-4-5-13-36(34)45(25-29)47-42-17-9-7-15-38(42)40-28-33(20-23-44(40)47)32-19-22-43-39(27-32)37-14-6-8-16-41(37)46(43)35-21-18-30-10-2-3-11-31(30)26-35/h2-19,21-28,33H,20H2,1H3. The fraction of sp³-hybridized carbons (Fsp3) is 0.0667. The minimum atomic E-state index is 0.295. The summed E-state index contributed by atoms with van der Waals surface area (Å²) in [7, 11) is 0. The lowest BCUT2D eigenvalue weighted by atomic mass is 9.90. The summed E-state index contributed by atoms with van der Waals surface area (Å²) in [6.45, 7) is 2.20. The van der Waals surface area contributed by atoms with Crippen molar-refractivity contribution in [2.75, 3.05) is 0 Å². The first kappa shape index (κ1) is 26.4. The number of aryl methyl sites for hydroxylation is 1. The van der Waals surface area contributed by atoms with Crippen LogP contribution in [0.1, 0.15) is 23.5 Å². The molecule has 0 amide bonds. The van der Waals surface area contributed by atoms with Gasteiger partial charge in [0.2, 0.25) is 0 Å². The number of hydrogen-bond donors (Lipinski definition) is 0. The predicted octanol–water partition coefficient (Wildman–Crippen LogP) is 10.1. The van der Waals surface area contributed by atoms with Gasteiger partial charge in [-0.05, 0) is 83.1 Å². The molecule has 0 N–H and O–H groups in total. The van der Waals surface area contributed by atoms with Crippen molar-refractivity contribution in [3.63, 3.8) is 0 Å². The van der Waals surface area contributed by atoms with E-state index in [4.69, 9.17) is 0 Å². The van der Waals surface area contributed by atoms with Crippen LogP contribution in [0.2, 0.25) is 0 Å². The zero-order valence-electron chi connectivity index (χ0n) is 26.2. The monoisotopic (exact) mass is 600 g/mol. The Morgan fingerprint density at radius 2 is 1.19 bits per heavy atom. The summed E-state index contributed by atoms with van der Waals surface area (Å²) in [5, 5.41) is 11.6. The molecule has 9 aromatic rings. The minimum absolute atomic E-state index is 0.295. The maximum atomic E-state index is 2.52. The van der Waals surface area contributed by atoms with Crippen LogP contribution in [0.3, 0.4) is 0 Å². The summed E-state index contributed by atoms with van der Waals surface area (Å²) in [4.78, 5) is 0. The summed E-state index contributed by atoms with van der Waals surface area (Å²) in [5.41, 5.74) is 8.83. The third-order valence-electron chi connectivity index (χ3n) is 10.2. The normalized spacial score (nSPS) is 14.5. The van der Waals surface area contributed by atoms with Gasteiger partial charge in [0.05, 0.1) is 22.2 Å². The van der Waals surface area contributed by atoms with Crippen LogP contribution in [0.25, 0.3) is 77.8 Å². The Morgan fingerprint density at radius 3 is 2.04 bits per heavy atom. The van der Waals surface area contributed by atoms with Crippen molar-refractivity contribution in [1.82, 2.24) is 9.13 Å². The fourth-order valence-electron chi connectivity index (χ4n) is 8.10. The predicted molar refractivity (Wildman–Crippen MR) is 199 cm³/mol. The smallest absolute Gasteiger partial charge is 0.0543 e. The molecule has 0 bridgehead atoms. The number of nitrogens with zero attached hydrogens (tertiary/aromatic N) is 2. The van der Waals surface area contributed by atoms with Crippen LogP contribution in [-0.2, 0) is 0 Å². The molecule has 0 aliphatic heterocycles. The van der Waals surface area contributed by atoms with Gasteiger partial charge in [-0.3, -0.25) is 0 Å². The molecule has 2 heteroatoms. The lowest BCUT2D eigenvalue weighted by Gasteiger charge is -2.16. The van der Waals surface area contributed by atoms with E-state index in [1.807, 2.05) is 0 Å². The van der Waals surface area contributed by atoms with Crippen LogP contribution in [0.5, 0.6) is 0 Å². The van der Waals surface area contributed by atoms with Crippen LogP contribution < -0.4 is 10.6 Å². The van der Waals surface area contributed by atoms with Crippen molar-refractivity contribution in [2.45, 2.75) is 19.3 Å². The first-order chi connectivity index (χ1) is 23.2. The number of para-hydroxylation sites is 2. The molecule has 0 radical (unpaired) electrons. The Hall–Kier alpha value is -5.86. The molecular weight excluding hydrogens is 569 g/mol. The van der Waals surface area contributed by atoms with Gasteiger partial charge in [0.25, 0.3) is 0 Å². The molecule has 2 aromatic heterocycles. The molecular formula is C45H32N2. The van der Waals surface area contributed by atoms with E-state index < -0.39 is 0 Å². The molecule has 47 heavy (non-hydrogen) atoms. The van der Waals surface area contributed by atoms with Crippen molar-refractivity contribution in [2.24, 2.45) is 0 Å². The quantitative estimate of drug-likeness (QED) is 0.191. The molecule has 0 saturated carbocycles. The van der Waals surface area contributed by atoms with Gasteiger partial charge in [-0.15, -0.1) is 0 Å². The van der Waals surface area contributed by atoms with E-state index in [0.29, 0.717) is 5.92 Å². The lowest BCUT2D eigenvalue weighted by molar-refractivity contribution is 0.909. The van der Waals surface area contributed by atoms with Gasteiger partial charge in [-0.25, -0.2) is 0 Å². The summed E-state index contributed by atoms with van der Waals surface area (Å²) in [6.07, 6.45) is 5.96. The summed E-state index contributed by atoms with van der Waals surface area (Å²) < 4.78 is 4.92. The molecule has 1 atom stereocenters. The van der Waals surface area contributed by atoms with Crippen molar-refractivity contribution in [1.29, 1.82) is 0 Å². The van der Waals surface area contributed by atoms with E-state index in [9.17, 15) is 0 Å². The number of fused-ring (bicyclic) bond motifs is 8. The summed E-state index contributed by atoms with van der Waals surface area (Å²) in [6, 6.07) is 53.7. The molecule has 1 unspecified atom stereocenters. The SMILES string of the molecule is Cc1cc(-n2c3c(c4ccccc42)=CC(c2ccc4c(c2)c2ccccc2n4-c2ccc4ccccc4c2)CC=3)c2ccccc2c1. The molecule has 0 spiro atoms. The van der Waals surface area contributed by atoms with Gasteiger partial charge in [0, 0.05) is 43.7 Å². The highest BCUT2D eigenvalue weighted by atomic mass is 15.0. The third-order valence-corrected chi connectivity index (χ3v) is 10.2. The van der Waals surface area contributed by atoms with Gasteiger partial charge in [0.1, 0.15) is 0 Å². The Balaban J connectivity index is 1.16. The Labute approximate surface area is 272 Å². The van der Waals surface area contributed by atoms with Crippen LogP contribution in [0.4, 0.5) is 0 Å². The van der Waals surface area contributed by atoms with E-state index >= 15 is 0 Å². The molecule has 1 aliphatic rings. The van der Waals surface area contributed by atoms with Gasteiger partial charge in [-0.2, -0.15) is 0 Å². The molecule has 0 saturated heterocycles. The van der Waals surface area contributed by atoms with Gasteiger partial charge < -0.3 is 9.13 Å². The molecule has 2 heterocycles. The zero-order valence-corrected chi connectivity index (χ0v) is 26.2. The first-order valence-electron chi connectivity index (χ1n) is 16.5. The van der Waals surface area contributed by atoms with E-state index in [0.717, 1.165) is 6.42 Å². The summed E-state index contributed by atoms with van der Waals surface area (Å²) >= 11 is 0. The highest BCUT2D eigenvalue weighted by Crippen LogP contribution is 2.36. The molecule has 7 aromatic carbocycles. The zero-order chi connectivity index (χ0) is 31.1. The summed E-state index contributed by atoms with van der Waals surface area (Å²) in [5.74, 6) is 0.295. The van der Waals surface area contributed by atoms with Crippen LogP contribution in [0.15, 0.2) is 146 Å². The average Bonchev–Trinajstić information content (AvgIpc) is 3.63. The maximum absolute atomic E-state index is 2.52. The fourth-order valence-corrected chi connectivity index (χ4v) is 8.10. The van der Waals surface area contributed by atoms with E-state index in [1.165, 1.54) is 87.3 Å². The van der Waals surface area contributed by atoms with Crippen molar-refractivity contribution in [3.8, 4) is 11.4 Å². The lowest BCUT2D eigenvalue weighted by Crippen LogP contribution is -2.31. The van der Waals surface area contributed by atoms with Gasteiger partial charge >= 0.3 is 0 Å². The number of benzene rings is 7. The second-order valence-electron chi connectivity index (χ2n) is 13.0. The molecule has 222 valence electrons. The van der Waals surface area contributed by atoms with Crippen molar-refractivity contribution < 1.29 is 0 Å². The topological polar surface area (TPSA) is 9.86 Å². The van der Waals surface area contributed by atoms with E-state index in [1.54, 1.807) is 0 Å². The van der Waals surface area contributed by atoms with E-state index in [2.05, 4.69) is 174 Å². The number of aromatic nitrogens is 2. The average molecular weight is 601 g/mol. The second-order valence-corrected chi connectivity index (χ2v) is 13.0. The largest absolute Gasteiger partial charge is 0.309 e. The Morgan fingerprint density at radius 1 is 0.511 bits per heavy atom. The van der Waals surface area contributed by atoms with E-state index in [-0.39, 0.29) is 0 Å². The third kappa shape index (κ3) is 3.98. The van der Waals surface area contributed by atoms with Crippen LogP contribution in [-0.4, -0.2) is 9.13 Å². The number of hydrogen-bond acceptors (Lipinski definition) is 0. The van der Waals surface area contributed by atoms with Gasteiger partial charge in [-0.1, -0.05) is 115 Å². The molecule has 2 nitrogen and oxygen atoms in total. The highest BCUT2D eigenvalue weighted by Gasteiger charge is 2.20. The van der Waals surface area contributed by atoms with Crippen LogP contribution in [0, 0.1) is 6.92 Å².